The van der Waals surface area contributed by atoms with Gasteiger partial charge in [-0.3, -0.25) is 9.48 Å². The molecule has 0 radical (unpaired) electrons. The molecule has 2 aromatic heterocycles. The molecule has 1 unspecified atom stereocenters. The highest BCUT2D eigenvalue weighted by molar-refractivity contribution is 5.93. The van der Waals surface area contributed by atoms with Crippen molar-refractivity contribution in [3.8, 4) is 0 Å². The molecule has 26 heavy (non-hydrogen) atoms. The van der Waals surface area contributed by atoms with Crippen LogP contribution >= 0.6 is 0 Å². The first kappa shape index (κ1) is 18.4. The van der Waals surface area contributed by atoms with Crippen LogP contribution in [-0.2, 0) is 6.54 Å². The standard InChI is InChI=1S/C19H28N6O/c1-13-6-5-8-24(12-13)19-21-10-17(11-22-19)18(26)20-7-9-25-16(4)14(2)15(3)23-25/h10-11,13H,5-9,12H2,1-4H3,(H,20,26). The van der Waals surface area contributed by atoms with Crippen molar-refractivity contribution in [1.82, 2.24) is 25.1 Å². The summed E-state index contributed by atoms with van der Waals surface area (Å²) in [6, 6.07) is 0. The average Bonchev–Trinajstić information content (AvgIpc) is 2.89. The van der Waals surface area contributed by atoms with Crippen LogP contribution in [0.2, 0.25) is 0 Å². The largest absolute Gasteiger partial charge is 0.350 e. The summed E-state index contributed by atoms with van der Waals surface area (Å²) in [6.07, 6.45) is 5.65. The molecule has 0 aliphatic carbocycles. The summed E-state index contributed by atoms with van der Waals surface area (Å²) in [5, 5.41) is 7.40. The Labute approximate surface area is 154 Å². The summed E-state index contributed by atoms with van der Waals surface area (Å²) in [5.74, 6) is 1.22. The predicted octanol–water partition coefficient (Wildman–Crippen LogP) is 2.26. The lowest BCUT2D eigenvalue weighted by Crippen LogP contribution is -2.35. The van der Waals surface area contributed by atoms with Crippen molar-refractivity contribution < 1.29 is 4.79 Å². The van der Waals surface area contributed by atoms with E-state index in [0.29, 0.717) is 30.5 Å². The zero-order valence-electron chi connectivity index (χ0n) is 16.1. The first-order chi connectivity index (χ1) is 12.5. The molecule has 1 saturated heterocycles. The van der Waals surface area contributed by atoms with E-state index in [-0.39, 0.29) is 5.91 Å². The lowest BCUT2D eigenvalue weighted by Gasteiger charge is -2.30. The van der Waals surface area contributed by atoms with Gasteiger partial charge in [0.25, 0.3) is 5.91 Å². The van der Waals surface area contributed by atoms with Gasteiger partial charge in [-0.25, -0.2) is 9.97 Å². The summed E-state index contributed by atoms with van der Waals surface area (Å²) in [4.78, 5) is 23.3. The van der Waals surface area contributed by atoms with E-state index in [1.165, 1.54) is 18.4 Å². The summed E-state index contributed by atoms with van der Waals surface area (Å²) in [7, 11) is 0. The van der Waals surface area contributed by atoms with Crippen LogP contribution in [0.1, 0.15) is 47.1 Å². The van der Waals surface area contributed by atoms with Crippen LogP contribution in [0.3, 0.4) is 0 Å². The molecule has 0 spiro atoms. The van der Waals surface area contributed by atoms with E-state index in [0.717, 1.165) is 24.5 Å². The lowest BCUT2D eigenvalue weighted by atomic mass is 10.0. The van der Waals surface area contributed by atoms with Crippen molar-refractivity contribution in [2.45, 2.75) is 47.1 Å². The Morgan fingerprint density at radius 1 is 1.27 bits per heavy atom. The first-order valence-corrected chi connectivity index (χ1v) is 9.31. The minimum Gasteiger partial charge on any atom is -0.350 e. The zero-order valence-corrected chi connectivity index (χ0v) is 16.1. The van der Waals surface area contributed by atoms with Crippen LogP contribution in [0, 0.1) is 26.7 Å². The summed E-state index contributed by atoms with van der Waals surface area (Å²) in [6.45, 7) is 11.5. The molecule has 1 fully saturated rings. The van der Waals surface area contributed by atoms with E-state index >= 15 is 0 Å². The third kappa shape index (κ3) is 4.03. The van der Waals surface area contributed by atoms with Gasteiger partial charge < -0.3 is 10.2 Å². The van der Waals surface area contributed by atoms with Gasteiger partial charge in [-0.1, -0.05) is 6.92 Å². The van der Waals surface area contributed by atoms with Gasteiger partial charge in [-0.2, -0.15) is 5.10 Å². The highest BCUT2D eigenvalue weighted by Crippen LogP contribution is 2.19. The summed E-state index contributed by atoms with van der Waals surface area (Å²) in [5.41, 5.74) is 3.86. The minimum absolute atomic E-state index is 0.151. The molecule has 1 amide bonds. The maximum absolute atomic E-state index is 12.3. The second kappa shape index (κ2) is 7.85. The Hall–Kier alpha value is -2.44. The normalized spacial score (nSPS) is 17.4. The molecule has 140 valence electrons. The Morgan fingerprint density at radius 3 is 2.62 bits per heavy atom. The molecule has 1 atom stereocenters. The molecule has 7 heteroatoms. The third-order valence-corrected chi connectivity index (χ3v) is 5.19. The molecule has 1 N–H and O–H groups in total. The molecule has 3 rings (SSSR count). The molecule has 0 bridgehead atoms. The topological polar surface area (TPSA) is 75.9 Å². The number of aryl methyl sites for hydroxylation is 1. The molecular weight excluding hydrogens is 328 g/mol. The van der Waals surface area contributed by atoms with Crippen LogP contribution in [0.25, 0.3) is 0 Å². The van der Waals surface area contributed by atoms with E-state index < -0.39 is 0 Å². The average molecular weight is 356 g/mol. The van der Waals surface area contributed by atoms with Crippen molar-refractivity contribution in [1.29, 1.82) is 0 Å². The number of amides is 1. The summed E-state index contributed by atoms with van der Waals surface area (Å²) >= 11 is 0. The number of anilines is 1. The van der Waals surface area contributed by atoms with E-state index in [1.807, 2.05) is 18.5 Å². The Kier molecular flexibility index (Phi) is 5.54. The number of piperidine rings is 1. The lowest BCUT2D eigenvalue weighted by molar-refractivity contribution is 0.0951. The molecule has 0 aromatic carbocycles. The fourth-order valence-corrected chi connectivity index (χ4v) is 3.35. The second-order valence-corrected chi connectivity index (χ2v) is 7.24. The summed E-state index contributed by atoms with van der Waals surface area (Å²) < 4.78 is 1.93. The van der Waals surface area contributed by atoms with E-state index in [1.54, 1.807) is 12.4 Å². The van der Waals surface area contributed by atoms with Crippen molar-refractivity contribution in [3.63, 3.8) is 0 Å². The number of rotatable bonds is 5. The van der Waals surface area contributed by atoms with Crippen molar-refractivity contribution in [2.24, 2.45) is 5.92 Å². The monoisotopic (exact) mass is 356 g/mol. The van der Waals surface area contributed by atoms with Gasteiger partial charge in [0.2, 0.25) is 5.95 Å². The Bertz CT molecular complexity index is 767. The molecule has 1 aliphatic rings. The van der Waals surface area contributed by atoms with E-state index in [9.17, 15) is 4.79 Å². The van der Waals surface area contributed by atoms with Crippen LogP contribution in [0.4, 0.5) is 5.95 Å². The molecular formula is C19H28N6O. The Balaban J connectivity index is 1.54. The molecule has 0 saturated carbocycles. The molecule has 7 nitrogen and oxygen atoms in total. The maximum atomic E-state index is 12.3. The predicted molar refractivity (Wildman–Crippen MR) is 101 cm³/mol. The minimum atomic E-state index is -0.151. The molecule has 1 aliphatic heterocycles. The van der Waals surface area contributed by atoms with E-state index in [4.69, 9.17) is 0 Å². The van der Waals surface area contributed by atoms with Gasteiger partial charge in [0.15, 0.2) is 0 Å². The number of hydrogen-bond acceptors (Lipinski definition) is 5. The van der Waals surface area contributed by atoms with Gasteiger partial charge in [0.05, 0.1) is 17.8 Å². The van der Waals surface area contributed by atoms with Crippen molar-refractivity contribution >= 4 is 11.9 Å². The fraction of sp³-hybridized carbons (Fsp3) is 0.579. The number of carbonyl (C=O) groups excluding carboxylic acids is 1. The van der Waals surface area contributed by atoms with Crippen molar-refractivity contribution in [2.75, 3.05) is 24.5 Å². The van der Waals surface area contributed by atoms with Gasteiger partial charge in [0.1, 0.15) is 0 Å². The number of aromatic nitrogens is 4. The number of nitrogens with one attached hydrogen (secondary N) is 1. The number of hydrogen-bond donors (Lipinski definition) is 1. The molecule has 3 heterocycles. The smallest absolute Gasteiger partial charge is 0.254 e. The van der Waals surface area contributed by atoms with Gasteiger partial charge >= 0.3 is 0 Å². The second-order valence-electron chi connectivity index (χ2n) is 7.24. The van der Waals surface area contributed by atoms with Crippen molar-refractivity contribution in [3.05, 3.63) is 34.9 Å². The van der Waals surface area contributed by atoms with Crippen LogP contribution < -0.4 is 10.2 Å². The first-order valence-electron chi connectivity index (χ1n) is 9.31. The zero-order chi connectivity index (χ0) is 18.7. The number of carbonyl (C=O) groups is 1. The van der Waals surface area contributed by atoms with Crippen LogP contribution in [-0.4, -0.2) is 45.3 Å². The highest BCUT2D eigenvalue weighted by Gasteiger charge is 2.19. The van der Waals surface area contributed by atoms with Crippen LogP contribution in [0.15, 0.2) is 12.4 Å². The molecule has 2 aromatic rings. The third-order valence-electron chi connectivity index (χ3n) is 5.19. The highest BCUT2D eigenvalue weighted by atomic mass is 16.1. The van der Waals surface area contributed by atoms with Gasteiger partial charge in [0, 0.05) is 37.7 Å². The Morgan fingerprint density at radius 2 is 2.00 bits per heavy atom. The van der Waals surface area contributed by atoms with Gasteiger partial charge in [-0.15, -0.1) is 0 Å². The van der Waals surface area contributed by atoms with Crippen LogP contribution in [0.5, 0.6) is 0 Å². The van der Waals surface area contributed by atoms with Gasteiger partial charge in [-0.05, 0) is 45.1 Å². The number of nitrogens with zero attached hydrogens (tertiary/aromatic N) is 5. The SMILES string of the molecule is Cc1nn(CCNC(=O)c2cnc(N3CCCC(C)C3)nc2)c(C)c1C. The quantitative estimate of drug-likeness (QED) is 0.889. The van der Waals surface area contributed by atoms with E-state index in [2.05, 4.69) is 39.1 Å². The fourth-order valence-electron chi connectivity index (χ4n) is 3.35. The maximum Gasteiger partial charge on any atom is 0.254 e.